The number of fused-ring (bicyclic) bond motifs is 1. The number of anilines is 1. The van der Waals surface area contributed by atoms with E-state index < -0.39 is 26.6 Å². The molecule has 0 saturated heterocycles. The quantitative estimate of drug-likeness (QED) is 0.536. The van der Waals surface area contributed by atoms with Gasteiger partial charge in [0.15, 0.2) is 5.65 Å². The van der Waals surface area contributed by atoms with Crippen LogP contribution in [0.15, 0.2) is 59.9 Å². The van der Waals surface area contributed by atoms with Gasteiger partial charge in [0.25, 0.3) is 10.0 Å². The zero-order chi connectivity index (χ0) is 20.6. The van der Waals surface area contributed by atoms with Crippen LogP contribution in [0.4, 0.5) is 14.5 Å². The zero-order valence-corrected chi connectivity index (χ0v) is 15.7. The highest BCUT2D eigenvalue weighted by atomic mass is 32.2. The maximum Gasteiger partial charge on any atom is 0.264 e. The molecule has 29 heavy (non-hydrogen) atoms. The molecule has 0 saturated carbocycles. The summed E-state index contributed by atoms with van der Waals surface area (Å²) < 4.78 is 61.2. The smallest absolute Gasteiger partial charge is 0.264 e. The summed E-state index contributed by atoms with van der Waals surface area (Å²) in [5, 5.41) is 4.06. The molecular weight excluding hydrogens is 404 g/mol. The number of hydrogen-bond donors (Lipinski definition) is 1. The van der Waals surface area contributed by atoms with Crippen LogP contribution in [0.5, 0.6) is 5.88 Å². The van der Waals surface area contributed by atoms with E-state index in [4.69, 9.17) is 4.74 Å². The molecule has 0 spiro atoms. The Hall–Kier alpha value is -3.60. The summed E-state index contributed by atoms with van der Waals surface area (Å²) >= 11 is 0. The lowest BCUT2D eigenvalue weighted by atomic mass is 10.2. The van der Waals surface area contributed by atoms with Gasteiger partial charge in [-0.05, 0) is 24.3 Å². The van der Waals surface area contributed by atoms with Gasteiger partial charge < -0.3 is 4.74 Å². The van der Waals surface area contributed by atoms with Crippen molar-refractivity contribution >= 4 is 21.4 Å². The fraction of sp³-hybridized carbons (Fsp3) is 0.0556. The maximum absolute atomic E-state index is 14.0. The van der Waals surface area contributed by atoms with Crippen LogP contribution in [-0.2, 0) is 10.0 Å². The van der Waals surface area contributed by atoms with E-state index in [1.807, 2.05) is 0 Å². The van der Waals surface area contributed by atoms with Crippen LogP contribution < -0.4 is 9.46 Å². The van der Waals surface area contributed by atoms with Crippen LogP contribution in [0.1, 0.15) is 0 Å². The van der Waals surface area contributed by atoms with Gasteiger partial charge >= 0.3 is 0 Å². The summed E-state index contributed by atoms with van der Waals surface area (Å²) in [6.45, 7) is 0. The fourth-order valence-electron chi connectivity index (χ4n) is 2.69. The van der Waals surface area contributed by atoms with Gasteiger partial charge in [0.2, 0.25) is 5.88 Å². The predicted molar refractivity (Wildman–Crippen MR) is 99.9 cm³/mol. The van der Waals surface area contributed by atoms with Crippen LogP contribution in [0.25, 0.3) is 16.9 Å². The Kier molecular flexibility index (Phi) is 4.59. The van der Waals surface area contributed by atoms with Gasteiger partial charge in [-0.2, -0.15) is 5.10 Å². The molecule has 0 aliphatic heterocycles. The Labute approximate surface area is 163 Å². The average Bonchev–Trinajstić information content (AvgIpc) is 3.15. The number of aromatic nitrogens is 4. The van der Waals surface area contributed by atoms with E-state index in [0.29, 0.717) is 23.0 Å². The number of pyridine rings is 1. The molecule has 0 fully saturated rings. The molecule has 0 atom stereocenters. The summed E-state index contributed by atoms with van der Waals surface area (Å²) in [6, 6.07) is 7.04. The summed E-state index contributed by atoms with van der Waals surface area (Å²) in [5.41, 5.74) is 1.58. The van der Waals surface area contributed by atoms with Crippen molar-refractivity contribution in [1.29, 1.82) is 0 Å². The van der Waals surface area contributed by atoms with Crippen LogP contribution in [-0.4, -0.2) is 35.1 Å². The zero-order valence-electron chi connectivity index (χ0n) is 14.9. The highest BCUT2D eigenvalue weighted by molar-refractivity contribution is 7.92. The molecule has 4 aromatic rings. The molecule has 1 aromatic carbocycles. The second-order valence-corrected chi connectivity index (χ2v) is 7.56. The number of halogens is 2. The lowest BCUT2D eigenvalue weighted by molar-refractivity contribution is 0.400. The minimum atomic E-state index is -4.36. The molecular formula is C18H13F2N5O3S. The van der Waals surface area contributed by atoms with Gasteiger partial charge in [0.05, 0.1) is 19.0 Å². The molecule has 0 aliphatic rings. The van der Waals surface area contributed by atoms with E-state index >= 15 is 0 Å². The Balaban J connectivity index is 1.75. The van der Waals surface area contributed by atoms with Crippen molar-refractivity contribution in [3.63, 3.8) is 0 Å². The van der Waals surface area contributed by atoms with Crippen LogP contribution in [0.3, 0.4) is 0 Å². The van der Waals surface area contributed by atoms with Gasteiger partial charge in [0, 0.05) is 30.1 Å². The number of ether oxygens (including phenoxy) is 1. The highest BCUT2D eigenvalue weighted by Gasteiger charge is 2.22. The lowest BCUT2D eigenvalue weighted by Crippen LogP contribution is -2.16. The number of nitrogens with one attached hydrogen (secondary N) is 1. The normalized spacial score (nSPS) is 11.6. The Morgan fingerprint density at radius 2 is 1.97 bits per heavy atom. The molecule has 0 radical (unpaired) electrons. The first kappa shape index (κ1) is 18.7. The molecule has 11 heteroatoms. The molecule has 0 aliphatic carbocycles. The summed E-state index contributed by atoms with van der Waals surface area (Å²) in [7, 11) is -3.05. The van der Waals surface area contributed by atoms with Gasteiger partial charge in [-0.3, -0.25) is 4.72 Å². The van der Waals surface area contributed by atoms with Crippen molar-refractivity contribution in [2.75, 3.05) is 11.8 Å². The summed E-state index contributed by atoms with van der Waals surface area (Å²) in [6.07, 6.45) is 4.75. The SMILES string of the molecule is COc1ncc(-c2ccn3nccc3n2)cc1NS(=O)(=O)c1ccc(F)cc1F. The number of hydrogen-bond acceptors (Lipinski definition) is 6. The Morgan fingerprint density at radius 1 is 1.14 bits per heavy atom. The second-order valence-electron chi connectivity index (χ2n) is 5.91. The van der Waals surface area contributed by atoms with Crippen molar-refractivity contribution in [2.45, 2.75) is 4.90 Å². The third-order valence-corrected chi connectivity index (χ3v) is 5.42. The Bertz CT molecular complexity index is 1320. The molecule has 0 bridgehead atoms. The summed E-state index contributed by atoms with van der Waals surface area (Å²) in [5.74, 6) is -2.12. The van der Waals surface area contributed by atoms with E-state index in [1.54, 1.807) is 29.0 Å². The molecule has 4 rings (SSSR count). The van der Waals surface area contributed by atoms with E-state index in [1.165, 1.54) is 19.4 Å². The molecule has 0 amide bonds. The number of sulfonamides is 1. The fourth-order valence-corrected chi connectivity index (χ4v) is 3.80. The van der Waals surface area contributed by atoms with Crippen molar-refractivity contribution in [2.24, 2.45) is 0 Å². The molecule has 148 valence electrons. The summed E-state index contributed by atoms with van der Waals surface area (Å²) in [4.78, 5) is 7.81. The molecule has 3 heterocycles. The monoisotopic (exact) mass is 417 g/mol. The largest absolute Gasteiger partial charge is 0.480 e. The standard InChI is InChI=1S/C18H13F2N5O3S/c1-28-18-15(24-29(26,27)16-3-2-12(19)9-13(16)20)8-11(10-21-18)14-5-7-25-17(23-14)4-6-22-25/h2-10,24H,1H3. The third kappa shape index (κ3) is 3.59. The highest BCUT2D eigenvalue weighted by Crippen LogP contribution is 2.30. The number of methoxy groups -OCH3 is 1. The maximum atomic E-state index is 14.0. The second kappa shape index (κ2) is 7.09. The predicted octanol–water partition coefficient (Wildman–Crippen LogP) is 2.88. The first-order valence-corrected chi connectivity index (χ1v) is 9.68. The van der Waals surface area contributed by atoms with Gasteiger partial charge in [-0.25, -0.2) is 31.7 Å². The van der Waals surface area contributed by atoms with Gasteiger partial charge in [-0.15, -0.1) is 0 Å². The van der Waals surface area contributed by atoms with E-state index in [2.05, 4.69) is 19.8 Å². The molecule has 0 unspecified atom stereocenters. The van der Waals surface area contributed by atoms with Crippen LogP contribution in [0.2, 0.25) is 0 Å². The number of rotatable bonds is 5. The van der Waals surface area contributed by atoms with E-state index in [0.717, 1.165) is 12.1 Å². The lowest BCUT2D eigenvalue weighted by Gasteiger charge is -2.13. The van der Waals surface area contributed by atoms with E-state index in [9.17, 15) is 17.2 Å². The van der Waals surface area contributed by atoms with Gasteiger partial charge in [-0.1, -0.05) is 0 Å². The van der Waals surface area contributed by atoms with Crippen molar-refractivity contribution in [3.8, 4) is 17.1 Å². The minimum absolute atomic E-state index is 0.0229. The first-order chi connectivity index (χ1) is 13.9. The average molecular weight is 417 g/mol. The topological polar surface area (TPSA) is 98.5 Å². The van der Waals surface area contributed by atoms with Crippen molar-refractivity contribution < 1.29 is 21.9 Å². The van der Waals surface area contributed by atoms with Crippen LogP contribution >= 0.6 is 0 Å². The molecule has 1 N–H and O–H groups in total. The van der Waals surface area contributed by atoms with Crippen molar-refractivity contribution in [3.05, 3.63) is 66.6 Å². The van der Waals surface area contributed by atoms with Gasteiger partial charge in [0.1, 0.15) is 22.2 Å². The van der Waals surface area contributed by atoms with E-state index in [-0.39, 0.29) is 11.6 Å². The molecule has 3 aromatic heterocycles. The minimum Gasteiger partial charge on any atom is -0.480 e. The third-order valence-electron chi connectivity index (χ3n) is 4.03. The number of nitrogens with zero attached hydrogens (tertiary/aromatic N) is 4. The Morgan fingerprint density at radius 3 is 2.72 bits per heavy atom. The van der Waals surface area contributed by atoms with Crippen LogP contribution in [0, 0.1) is 11.6 Å². The van der Waals surface area contributed by atoms with Crippen molar-refractivity contribution in [1.82, 2.24) is 19.6 Å². The first-order valence-electron chi connectivity index (χ1n) is 8.20. The molecule has 8 nitrogen and oxygen atoms in total. The number of benzene rings is 1.